The van der Waals surface area contributed by atoms with Crippen LogP contribution in [0.4, 0.5) is 0 Å². The molecule has 0 aliphatic heterocycles. The summed E-state index contributed by atoms with van der Waals surface area (Å²) < 4.78 is 5.36. The number of hydrogen-bond acceptors (Lipinski definition) is 3. The van der Waals surface area contributed by atoms with Crippen molar-refractivity contribution >= 4 is 71.1 Å². The molecule has 2 N–H and O–H groups in total. The number of rotatable bonds is 10. The van der Waals surface area contributed by atoms with Gasteiger partial charge in [0.1, 0.15) is 0 Å². The minimum atomic E-state index is -1.14. The summed E-state index contributed by atoms with van der Waals surface area (Å²) in [7, 11) is 1.70. The average molecular weight is 358 g/mol. The third-order valence-electron chi connectivity index (χ3n) is 3.75. The maximum atomic E-state index is 11.2. The number of carbonyl (C=O) groups is 2. The smallest absolute Gasteiger partial charge is 0.335 e. The van der Waals surface area contributed by atoms with Crippen LogP contribution in [0.5, 0.6) is 0 Å². The van der Waals surface area contributed by atoms with Crippen molar-refractivity contribution in [3.05, 3.63) is 23.3 Å². The van der Waals surface area contributed by atoms with Crippen molar-refractivity contribution in [2.75, 3.05) is 7.11 Å². The standard InChI is InChI=1S/C17H28O5.2Na/c1-12(7-6-10-17(3,4)22-5)8-9-14(16(20)21)13(2)11-15(18)19;;/h9,11-12H,6-8,10H2,1-5H3,(H,18,19)(H,20,21);;/b13-11-,14-9+;;. The fourth-order valence-electron chi connectivity index (χ4n) is 2.10. The van der Waals surface area contributed by atoms with Crippen LogP contribution in [0.25, 0.3) is 0 Å². The molecule has 0 aromatic rings. The third kappa shape index (κ3) is 13.6. The van der Waals surface area contributed by atoms with E-state index in [1.54, 1.807) is 13.2 Å². The molecule has 0 bridgehead atoms. The first kappa shape index (κ1) is 29.2. The van der Waals surface area contributed by atoms with Crippen molar-refractivity contribution in [1.82, 2.24) is 0 Å². The van der Waals surface area contributed by atoms with Crippen LogP contribution in [-0.2, 0) is 14.3 Å². The molecule has 0 aromatic carbocycles. The molecule has 0 aromatic heterocycles. The third-order valence-corrected chi connectivity index (χ3v) is 3.75. The molecule has 128 valence electrons. The normalized spacial score (nSPS) is 13.5. The van der Waals surface area contributed by atoms with E-state index in [4.69, 9.17) is 14.9 Å². The molecular weight excluding hydrogens is 330 g/mol. The summed E-state index contributed by atoms with van der Waals surface area (Å²) in [6, 6.07) is 0. The second-order valence-electron chi connectivity index (χ2n) is 6.29. The molecule has 0 aliphatic carbocycles. The number of allylic oxidation sites excluding steroid dienone is 1. The molecule has 7 heteroatoms. The number of aliphatic carboxylic acids is 2. The van der Waals surface area contributed by atoms with Crippen molar-refractivity contribution in [1.29, 1.82) is 0 Å². The summed E-state index contributed by atoms with van der Waals surface area (Å²) in [5, 5.41) is 17.9. The van der Waals surface area contributed by atoms with Crippen molar-refractivity contribution in [3.63, 3.8) is 0 Å². The van der Waals surface area contributed by atoms with E-state index in [1.807, 2.05) is 13.8 Å². The predicted molar refractivity (Wildman–Crippen MR) is 97.3 cm³/mol. The van der Waals surface area contributed by atoms with Crippen molar-refractivity contribution in [3.8, 4) is 0 Å². The van der Waals surface area contributed by atoms with Gasteiger partial charge < -0.3 is 14.9 Å². The molecule has 0 fully saturated rings. The van der Waals surface area contributed by atoms with E-state index in [9.17, 15) is 9.59 Å². The van der Waals surface area contributed by atoms with Gasteiger partial charge in [0.25, 0.3) is 0 Å². The van der Waals surface area contributed by atoms with Crippen molar-refractivity contribution in [2.45, 2.75) is 59.0 Å². The number of carboxylic acid groups (broad SMARTS) is 2. The van der Waals surface area contributed by atoms with Crippen LogP contribution in [0.2, 0.25) is 0 Å². The largest absolute Gasteiger partial charge is 0.478 e. The van der Waals surface area contributed by atoms with E-state index < -0.39 is 11.9 Å². The fraction of sp³-hybridized carbons (Fsp3) is 0.647. The molecule has 0 heterocycles. The fourth-order valence-corrected chi connectivity index (χ4v) is 2.10. The Morgan fingerprint density at radius 1 is 1.21 bits per heavy atom. The minimum Gasteiger partial charge on any atom is -0.478 e. The van der Waals surface area contributed by atoms with Crippen LogP contribution in [-0.4, -0.2) is 94.0 Å². The zero-order chi connectivity index (χ0) is 17.3. The van der Waals surface area contributed by atoms with E-state index >= 15 is 0 Å². The summed E-state index contributed by atoms with van der Waals surface area (Å²) >= 11 is 0. The Hall–Kier alpha value is 0.380. The van der Waals surface area contributed by atoms with Crippen molar-refractivity contribution < 1.29 is 24.5 Å². The Bertz CT molecular complexity index is 456. The quantitative estimate of drug-likeness (QED) is 0.356. The second kappa shape index (κ2) is 14.5. The molecule has 0 amide bonds. The van der Waals surface area contributed by atoms with Gasteiger partial charge in [-0.15, -0.1) is 0 Å². The Labute approximate surface area is 189 Å². The SMILES string of the molecule is COC(C)(C)CCCC(C)C/C=C(C(=O)O)\C(C)=C/C(=O)O.[Na].[Na]. The Morgan fingerprint density at radius 2 is 1.75 bits per heavy atom. The topological polar surface area (TPSA) is 83.8 Å². The summed E-state index contributed by atoms with van der Waals surface area (Å²) in [6.45, 7) is 7.65. The average Bonchev–Trinajstić information content (AvgIpc) is 2.37. The molecule has 0 aliphatic rings. The second-order valence-corrected chi connectivity index (χ2v) is 6.29. The molecule has 24 heavy (non-hydrogen) atoms. The minimum absolute atomic E-state index is 0. The Kier molecular flexibility index (Phi) is 17.7. The van der Waals surface area contributed by atoms with Gasteiger partial charge in [0.05, 0.1) is 11.2 Å². The Balaban J connectivity index is -0.00000220. The summed E-state index contributed by atoms with van der Waals surface area (Å²) in [5.41, 5.74) is 0.182. The maximum absolute atomic E-state index is 11.2. The molecule has 1 atom stereocenters. The number of hydrogen-bond donors (Lipinski definition) is 2. The molecule has 0 saturated carbocycles. The van der Waals surface area contributed by atoms with Gasteiger partial charge in [-0.2, -0.15) is 0 Å². The number of methoxy groups -OCH3 is 1. The van der Waals surface area contributed by atoms with Gasteiger partial charge in [-0.3, -0.25) is 0 Å². The first-order chi connectivity index (χ1) is 10.1. The molecule has 0 saturated heterocycles. The molecule has 2 radical (unpaired) electrons. The zero-order valence-corrected chi connectivity index (χ0v) is 20.2. The van der Waals surface area contributed by atoms with E-state index in [0.717, 1.165) is 25.3 Å². The van der Waals surface area contributed by atoms with E-state index in [2.05, 4.69) is 6.92 Å². The van der Waals surface area contributed by atoms with E-state index in [-0.39, 0.29) is 75.9 Å². The monoisotopic (exact) mass is 358 g/mol. The molecule has 5 nitrogen and oxygen atoms in total. The van der Waals surface area contributed by atoms with Crippen LogP contribution in [0, 0.1) is 5.92 Å². The van der Waals surface area contributed by atoms with Gasteiger partial charge in [-0.25, -0.2) is 9.59 Å². The number of ether oxygens (including phenoxy) is 1. The van der Waals surface area contributed by atoms with Crippen LogP contribution in [0.15, 0.2) is 23.3 Å². The predicted octanol–water partition coefficient (Wildman–Crippen LogP) is 2.89. The van der Waals surface area contributed by atoms with Gasteiger partial charge >= 0.3 is 11.9 Å². The first-order valence-corrected chi connectivity index (χ1v) is 7.49. The summed E-state index contributed by atoms with van der Waals surface area (Å²) in [5.74, 6) is -1.90. The van der Waals surface area contributed by atoms with Gasteiger partial charge in [0.2, 0.25) is 0 Å². The van der Waals surface area contributed by atoms with Gasteiger partial charge in [0.15, 0.2) is 0 Å². The maximum Gasteiger partial charge on any atom is 0.335 e. The molecule has 0 rings (SSSR count). The zero-order valence-electron chi connectivity index (χ0n) is 16.2. The van der Waals surface area contributed by atoms with Crippen molar-refractivity contribution in [2.24, 2.45) is 5.92 Å². The van der Waals surface area contributed by atoms with Crippen LogP contribution in [0.1, 0.15) is 53.4 Å². The summed E-state index contributed by atoms with van der Waals surface area (Å²) in [4.78, 5) is 21.8. The molecular formula is C17H28Na2O5. The van der Waals surface area contributed by atoms with Gasteiger partial charge in [-0.05, 0) is 45.1 Å². The molecule has 1 unspecified atom stereocenters. The van der Waals surface area contributed by atoms with Gasteiger partial charge in [-0.1, -0.05) is 25.8 Å². The van der Waals surface area contributed by atoms with Gasteiger partial charge in [0, 0.05) is 72.3 Å². The van der Waals surface area contributed by atoms with E-state index in [1.165, 1.54) is 6.92 Å². The number of carboxylic acids is 2. The van der Waals surface area contributed by atoms with Crippen LogP contribution >= 0.6 is 0 Å². The van der Waals surface area contributed by atoms with Crippen LogP contribution in [0.3, 0.4) is 0 Å². The van der Waals surface area contributed by atoms with E-state index in [0.29, 0.717) is 12.3 Å². The first-order valence-electron chi connectivity index (χ1n) is 7.49. The van der Waals surface area contributed by atoms with Crippen LogP contribution < -0.4 is 0 Å². The Morgan fingerprint density at radius 3 is 2.17 bits per heavy atom. The summed E-state index contributed by atoms with van der Waals surface area (Å²) in [6.07, 6.45) is 6.07. The molecule has 0 spiro atoms.